The molecule has 0 unspecified atom stereocenters. The third kappa shape index (κ3) is 2.48. The number of aliphatic carboxylic acids is 1. The Hall–Kier alpha value is -2.62. The lowest BCUT2D eigenvalue weighted by Crippen LogP contribution is -2.31. The Balaban J connectivity index is 2.00. The molecule has 2 aromatic carbocycles. The van der Waals surface area contributed by atoms with Gasteiger partial charge < -0.3 is 10.0 Å². The van der Waals surface area contributed by atoms with Gasteiger partial charge >= 0.3 is 5.97 Å². The molecule has 0 saturated heterocycles. The topological polar surface area (TPSA) is 57.6 Å². The van der Waals surface area contributed by atoms with E-state index in [2.05, 4.69) is 0 Å². The van der Waals surface area contributed by atoms with Crippen molar-refractivity contribution in [1.82, 2.24) is 4.90 Å². The minimum Gasteiger partial charge on any atom is -0.481 e. The molecule has 0 fully saturated rings. The zero-order chi connectivity index (χ0) is 15.7. The van der Waals surface area contributed by atoms with Crippen LogP contribution in [0.4, 0.5) is 0 Å². The van der Waals surface area contributed by atoms with Crippen LogP contribution < -0.4 is 0 Å². The number of carbonyl (C=O) groups excluding carboxylic acids is 1. The third-order valence-corrected chi connectivity index (χ3v) is 4.14. The molecule has 1 aliphatic heterocycles. The molecule has 1 atom stereocenters. The number of rotatable bonds is 4. The van der Waals surface area contributed by atoms with Gasteiger partial charge in [-0.3, -0.25) is 9.59 Å². The molecule has 4 heteroatoms. The van der Waals surface area contributed by atoms with Gasteiger partial charge in [-0.05, 0) is 29.7 Å². The van der Waals surface area contributed by atoms with Crippen LogP contribution in [0.1, 0.15) is 39.5 Å². The van der Waals surface area contributed by atoms with Gasteiger partial charge in [-0.2, -0.15) is 0 Å². The number of benzene rings is 2. The van der Waals surface area contributed by atoms with Gasteiger partial charge in [0.25, 0.3) is 5.91 Å². The van der Waals surface area contributed by atoms with E-state index < -0.39 is 12.0 Å². The molecule has 112 valence electrons. The van der Waals surface area contributed by atoms with Gasteiger partial charge in [-0.1, -0.05) is 42.5 Å². The van der Waals surface area contributed by atoms with Crippen LogP contribution in [0.3, 0.4) is 0 Å². The maximum atomic E-state index is 12.6. The maximum Gasteiger partial charge on any atom is 0.305 e. The minimum atomic E-state index is -0.906. The molecular formula is C18H17NO3. The monoisotopic (exact) mass is 295 g/mol. The molecule has 22 heavy (non-hydrogen) atoms. The van der Waals surface area contributed by atoms with E-state index in [9.17, 15) is 14.7 Å². The van der Waals surface area contributed by atoms with Gasteiger partial charge in [0.1, 0.15) is 0 Å². The summed E-state index contributed by atoms with van der Waals surface area (Å²) in [6, 6.07) is 14.6. The molecule has 0 aromatic heterocycles. The zero-order valence-corrected chi connectivity index (χ0v) is 12.3. The van der Waals surface area contributed by atoms with Crippen LogP contribution in [0.2, 0.25) is 0 Å². The standard InChI is InChI=1S/C18H17NO3/c1-12-6-2-4-8-14(12)16(10-17(20)21)19-11-13-7-3-5-9-15(13)18(19)22/h2-9,16H,10-11H2,1H3,(H,20,21)/t16-/m1/s1. The van der Waals surface area contributed by atoms with Crippen molar-refractivity contribution < 1.29 is 14.7 Å². The van der Waals surface area contributed by atoms with E-state index in [-0.39, 0.29) is 12.3 Å². The third-order valence-electron chi connectivity index (χ3n) is 4.14. The highest BCUT2D eigenvalue weighted by Gasteiger charge is 2.34. The molecule has 4 nitrogen and oxygen atoms in total. The lowest BCUT2D eigenvalue weighted by molar-refractivity contribution is -0.138. The minimum absolute atomic E-state index is 0.0925. The maximum absolute atomic E-state index is 12.6. The summed E-state index contributed by atoms with van der Waals surface area (Å²) in [6.07, 6.45) is -0.0927. The summed E-state index contributed by atoms with van der Waals surface area (Å²) >= 11 is 0. The Morgan fingerprint density at radius 2 is 1.86 bits per heavy atom. The summed E-state index contributed by atoms with van der Waals surface area (Å²) in [5, 5.41) is 9.26. The van der Waals surface area contributed by atoms with E-state index in [0.29, 0.717) is 12.1 Å². The summed E-state index contributed by atoms with van der Waals surface area (Å²) in [5.74, 6) is -0.998. The van der Waals surface area contributed by atoms with Gasteiger partial charge in [-0.15, -0.1) is 0 Å². The van der Waals surface area contributed by atoms with Gasteiger partial charge in [0, 0.05) is 12.1 Å². The first-order valence-corrected chi connectivity index (χ1v) is 7.24. The molecule has 2 aromatic rings. The summed E-state index contributed by atoms with van der Waals surface area (Å²) < 4.78 is 0. The number of fused-ring (bicyclic) bond motifs is 1. The molecular weight excluding hydrogens is 278 g/mol. The summed E-state index contributed by atoms with van der Waals surface area (Å²) in [5.41, 5.74) is 3.52. The normalized spacial score (nSPS) is 14.8. The van der Waals surface area contributed by atoms with Crippen molar-refractivity contribution in [1.29, 1.82) is 0 Å². The first-order valence-electron chi connectivity index (χ1n) is 7.24. The number of carboxylic acid groups (broad SMARTS) is 1. The van der Waals surface area contributed by atoms with Crippen LogP contribution in [-0.4, -0.2) is 21.9 Å². The smallest absolute Gasteiger partial charge is 0.305 e. The number of amides is 1. The summed E-state index contributed by atoms with van der Waals surface area (Å²) in [4.78, 5) is 25.6. The van der Waals surface area contributed by atoms with Crippen LogP contribution in [0.5, 0.6) is 0 Å². The van der Waals surface area contributed by atoms with Gasteiger partial charge in [-0.25, -0.2) is 0 Å². The fraction of sp³-hybridized carbons (Fsp3) is 0.222. The molecule has 3 rings (SSSR count). The Bertz CT molecular complexity index is 739. The van der Waals surface area contributed by atoms with E-state index >= 15 is 0 Å². The van der Waals surface area contributed by atoms with E-state index in [4.69, 9.17) is 0 Å². The molecule has 1 heterocycles. The number of nitrogens with zero attached hydrogens (tertiary/aromatic N) is 1. The Labute approximate surface area is 129 Å². The second-order valence-corrected chi connectivity index (χ2v) is 5.56. The molecule has 0 aliphatic carbocycles. The highest BCUT2D eigenvalue weighted by Crippen LogP contribution is 2.34. The quantitative estimate of drug-likeness (QED) is 0.942. The van der Waals surface area contributed by atoms with Crippen LogP contribution in [0, 0.1) is 6.92 Å². The summed E-state index contributed by atoms with van der Waals surface area (Å²) in [7, 11) is 0. The molecule has 0 bridgehead atoms. The average Bonchev–Trinajstić information content (AvgIpc) is 2.83. The van der Waals surface area contributed by atoms with E-state index in [1.807, 2.05) is 49.4 Å². The van der Waals surface area contributed by atoms with E-state index in [1.54, 1.807) is 11.0 Å². The molecule has 1 amide bonds. The van der Waals surface area contributed by atoms with Crippen LogP contribution in [-0.2, 0) is 11.3 Å². The molecule has 1 N–H and O–H groups in total. The van der Waals surface area contributed by atoms with E-state index in [0.717, 1.165) is 16.7 Å². The fourth-order valence-electron chi connectivity index (χ4n) is 3.04. The molecule has 0 spiro atoms. The van der Waals surface area contributed by atoms with E-state index in [1.165, 1.54) is 0 Å². The van der Waals surface area contributed by atoms with Crippen LogP contribution in [0.25, 0.3) is 0 Å². The predicted molar refractivity (Wildman–Crippen MR) is 82.5 cm³/mol. The van der Waals surface area contributed by atoms with Crippen molar-refractivity contribution in [3.63, 3.8) is 0 Å². The largest absolute Gasteiger partial charge is 0.481 e. The van der Waals surface area contributed by atoms with Gasteiger partial charge in [0.2, 0.25) is 0 Å². The van der Waals surface area contributed by atoms with Crippen LogP contribution >= 0.6 is 0 Å². The predicted octanol–water partition coefficient (Wildman–Crippen LogP) is 3.17. The van der Waals surface area contributed by atoms with Crippen molar-refractivity contribution in [2.24, 2.45) is 0 Å². The van der Waals surface area contributed by atoms with Crippen molar-refractivity contribution in [3.8, 4) is 0 Å². The van der Waals surface area contributed by atoms with Crippen LogP contribution in [0.15, 0.2) is 48.5 Å². The lowest BCUT2D eigenvalue weighted by atomic mass is 9.97. The summed E-state index contributed by atoms with van der Waals surface area (Å²) in [6.45, 7) is 2.40. The first kappa shape index (κ1) is 14.3. The number of hydrogen-bond donors (Lipinski definition) is 1. The number of carboxylic acids is 1. The average molecular weight is 295 g/mol. The second-order valence-electron chi connectivity index (χ2n) is 5.56. The number of carbonyl (C=O) groups is 2. The fourth-order valence-corrected chi connectivity index (χ4v) is 3.04. The Morgan fingerprint density at radius 1 is 1.18 bits per heavy atom. The van der Waals surface area contributed by atoms with Gasteiger partial charge in [0.15, 0.2) is 0 Å². The van der Waals surface area contributed by atoms with Crippen molar-refractivity contribution in [2.75, 3.05) is 0 Å². The molecule has 1 aliphatic rings. The Morgan fingerprint density at radius 3 is 2.55 bits per heavy atom. The highest BCUT2D eigenvalue weighted by molar-refractivity contribution is 5.98. The Kier molecular flexibility index (Phi) is 3.67. The molecule has 0 radical (unpaired) electrons. The van der Waals surface area contributed by atoms with Crippen molar-refractivity contribution in [2.45, 2.75) is 25.9 Å². The molecule has 0 saturated carbocycles. The number of aryl methyl sites for hydroxylation is 1. The van der Waals surface area contributed by atoms with Crippen molar-refractivity contribution >= 4 is 11.9 Å². The second kappa shape index (κ2) is 5.64. The zero-order valence-electron chi connectivity index (χ0n) is 12.3. The SMILES string of the molecule is Cc1ccccc1[C@@H](CC(=O)O)N1Cc2ccccc2C1=O. The van der Waals surface area contributed by atoms with Gasteiger partial charge in [0.05, 0.1) is 12.5 Å². The lowest BCUT2D eigenvalue weighted by Gasteiger charge is -2.28. The van der Waals surface area contributed by atoms with Crippen molar-refractivity contribution in [3.05, 3.63) is 70.8 Å². The first-order chi connectivity index (χ1) is 10.6. The number of hydrogen-bond acceptors (Lipinski definition) is 2. The highest BCUT2D eigenvalue weighted by atomic mass is 16.4.